The van der Waals surface area contributed by atoms with E-state index in [-0.39, 0.29) is 22.4 Å². The van der Waals surface area contributed by atoms with Crippen LogP contribution >= 0.6 is 0 Å². The van der Waals surface area contributed by atoms with Crippen molar-refractivity contribution in [2.75, 3.05) is 11.6 Å². The molecular weight excluding hydrogens is 344 g/mol. The minimum Gasteiger partial charge on any atom is -0.491 e. The first-order valence-electron chi connectivity index (χ1n) is 7.61. The van der Waals surface area contributed by atoms with Crippen LogP contribution in [0.3, 0.4) is 0 Å². The van der Waals surface area contributed by atoms with Gasteiger partial charge in [-0.1, -0.05) is 0 Å². The summed E-state index contributed by atoms with van der Waals surface area (Å²) in [4.78, 5) is 10.6. The molecule has 0 fully saturated rings. The highest BCUT2D eigenvalue weighted by molar-refractivity contribution is 7.90. The Bertz CT molecular complexity index is 907. The lowest BCUT2D eigenvalue weighted by atomic mass is 10.2. The van der Waals surface area contributed by atoms with Crippen LogP contribution in [0.15, 0.2) is 41.3 Å². The van der Waals surface area contributed by atoms with Crippen molar-refractivity contribution in [3.05, 3.63) is 52.1 Å². The maximum absolute atomic E-state index is 11.6. The number of benzene rings is 2. The minimum absolute atomic E-state index is 0.0436. The third-order valence-electron chi connectivity index (χ3n) is 3.41. The Morgan fingerprint density at radius 3 is 2.36 bits per heavy atom. The summed E-state index contributed by atoms with van der Waals surface area (Å²) in [6.07, 6.45) is 1.05. The first-order valence-corrected chi connectivity index (χ1v) is 9.50. The molecule has 0 aromatic heterocycles. The highest BCUT2D eigenvalue weighted by atomic mass is 32.2. The van der Waals surface area contributed by atoms with Crippen LogP contribution in [0.2, 0.25) is 0 Å². The summed E-state index contributed by atoms with van der Waals surface area (Å²) >= 11 is 0. The average Bonchev–Trinajstić information content (AvgIpc) is 2.48. The molecule has 0 aliphatic heterocycles. The van der Waals surface area contributed by atoms with Crippen LogP contribution in [0.4, 0.5) is 17.1 Å². The maximum Gasteiger partial charge on any atom is 0.293 e. The molecule has 2 aromatic rings. The molecule has 0 atom stereocenters. The molecule has 8 heteroatoms. The summed E-state index contributed by atoms with van der Waals surface area (Å²) in [5, 5.41) is 14.2. The number of hydrogen-bond donors (Lipinski definition) is 1. The molecule has 0 bridgehead atoms. The van der Waals surface area contributed by atoms with Gasteiger partial charge in [-0.05, 0) is 56.7 Å². The number of rotatable bonds is 6. The van der Waals surface area contributed by atoms with E-state index in [4.69, 9.17) is 4.74 Å². The van der Waals surface area contributed by atoms with Gasteiger partial charge < -0.3 is 10.1 Å². The molecule has 25 heavy (non-hydrogen) atoms. The third kappa shape index (κ3) is 4.69. The predicted molar refractivity (Wildman–Crippen MR) is 96.4 cm³/mol. The summed E-state index contributed by atoms with van der Waals surface area (Å²) in [5.41, 5.74) is 1.44. The van der Waals surface area contributed by atoms with Crippen molar-refractivity contribution in [1.29, 1.82) is 0 Å². The lowest BCUT2D eigenvalue weighted by Gasteiger charge is -2.14. The zero-order valence-electron chi connectivity index (χ0n) is 14.4. The van der Waals surface area contributed by atoms with E-state index in [1.165, 1.54) is 12.1 Å². The molecule has 0 amide bonds. The van der Waals surface area contributed by atoms with Crippen LogP contribution in [0, 0.1) is 17.0 Å². The molecule has 0 unspecified atom stereocenters. The zero-order valence-corrected chi connectivity index (χ0v) is 15.3. The van der Waals surface area contributed by atoms with Gasteiger partial charge in [0.1, 0.15) is 11.4 Å². The lowest BCUT2D eigenvalue weighted by Crippen LogP contribution is -2.07. The molecule has 1 N–H and O–H groups in total. The van der Waals surface area contributed by atoms with E-state index < -0.39 is 14.8 Å². The van der Waals surface area contributed by atoms with Crippen LogP contribution in [-0.4, -0.2) is 25.7 Å². The van der Waals surface area contributed by atoms with Gasteiger partial charge in [0.25, 0.3) is 5.69 Å². The molecule has 0 radical (unpaired) electrons. The second-order valence-electron chi connectivity index (χ2n) is 5.98. The molecule has 7 nitrogen and oxygen atoms in total. The summed E-state index contributed by atoms with van der Waals surface area (Å²) < 4.78 is 28.8. The Morgan fingerprint density at radius 2 is 1.84 bits per heavy atom. The Balaban J connectivity index is 2.37. The first kappa shape index (κ1) is 18.7. The van der Waals surface area contributed by atoms with E-state index in [1.54, 1.807) is 12.1 Å². The minimum atomic E-state index is -3.52. The topological polar surface area (TPSA) is 98.5 Å². The molecule has 0 saturated carbocycles. The summed E-state index contributed by atoms with van der Waals surface area (Å²) in [6.45, 7) is 5.74. The second-order valence-corrected chi connectivity index (χ2v) is 8.00. The SMILES string of the molecule is Cc1cc(Nc2ccc(S(C)(=O)=O)cc2[N+](=O)[O-])ccc1OC(C)C. The molecule has 0 saturated heterocycles. The van der Waals surface area contributed by atoms with Crippen LogP contribution in [0.5, 0.6) is 5.75 Å². The van der Waals surface area contributed by atoms with Crippen LogP contribution in [0.25, 0.3) is 0 Å². The Kier molecular flexibility index (Phi) is 5.32. The standard InChI is InChI=1S/C17H20N2O5S/c1-11(2)24-17-8-5-13(9-12(17)3)18-15-7-6-14(25(4,22)23)10-16(15)19(20)21/h5-11,18H,1-4H3. The molecule has 0 aliphatic carbocycles. The molecule has 134 valence electrons. The maximum atomic E-state index is 11.6. The fraction of sp³-hybridized carbons (Fsp3) is 0.294. The molecule has 0 heterocycles. The highest BCUT2D eigenvalue weighted by Crippen LogP contribution is 2.32. The average molecular weight is 364 g/mol. The van der Waals surface area contributed by atoms with Crippen molar-refractivity contribution in [3.63, 3.8) is 0 Å². The van der Waals surface area contributed by atoms with E-state index in [0.717, 1.165) is 23.6 Å². The van der Waals surface area contributed by atoms with Gasteiger partial charge in [0.15, 0.2) is 9.84 Å². The quantitative estimate of drug-likeness (QED) is 0.618. The fourth-order valence-electron chi connectivity index (χ4n) is 2.27. The van der Waals surface area contributed by atoms with Crippen LogP contribution in [-0.2, 0) is 9.84 Å². The van der Waals surface area contributed by atoms with Crippen LogP contribution < -0.4 is 10.1 Å². The van der Waals surface area contributed by atoms with Crippen molar-refractivity contribution in [3.8, 4) is 5.75 Å². The number of nitro groups is 1. The van der Waals surface area contributed by atoms with Gasteiger partial charge in [0, 0.05) is 18.0 Å². The normalized spacial score (nSPS) is 11.4. The van der Waals surface area contributed by atoms with Gasteiger partial charge in [-0.15, -0.1) is 0 Å². The van der Waals surface area contributed by atoms with E-state index in [9.17, 15) is 18.5 Å². The Labute approximate surface area is 146 Å². The number of anilines is 2. The van der Waals surface area contributed by atoms with Gasteiger partial charge >= 0.3 is 0 Å². The molecule has 0 spiro atoms. The Hall–Kier alpha value is -2.61. The van der Waals surface area contributed by atoms with Gasteiger partial charge in [0.05, 0.1) is 15.9 Å². The number of nitrogens with zero attached hydrogens (tertiary/aromatic N) is 1. The number of hydrogen-bond acceptors (Lipinski definition) is 6. The molecule has 0 aliphatic rings. The number of aryl methyl sites for hydroxylation is 1. The van der Waals surface area contributed by atoms with Gasteiger partial charge in [-0.25, -0.2) is 8.42 Å². The van der Waals surface area contributed by atoms with Crippen molar-refractivity contribution in [2.45, 2.75) is 31.8 Å². The second kappa shape index (κ2) is 7.10. The number of sulfone groups is 1. The lowest BCUT2D eigenvalue weighted by molar-refractivity contribution is -0.384. The van der Waals surface area contributed by atoms with Crippen molar-refractivity contribution in [1.82, 2.24) is 0 Å². The van der Waals surface area contributed by atoms with Crippen molar-refractivity contribution >= 4 is 26.9 Å². The zero-order chi connectivity index (χ0) is 18.8. The van der Waals surface area contributed by atoms with E-state index in [1.807, 2.05) is 26.8 Å². The summed E-state index contributed by atoms with van der Waals surface area (Å²) in [6, 6.07) is 9.14. The predicted octanol–water partition coefficient (Wildman–Crippen LogP) is 3.84. The summed E-state index contributed by atoms with van der Waals surface area (Å²) in [5.74, 6) is 0.738. The third-order valence-corrected chi connectivity index (χ3v) is 4.52. The summed E-state index contributed by atoms with van der Waals surface area (Å²) in [7, 11) is -3.52. The first-order chi connectivity index (χ1) is 11.6. The molecule has 2 aromatic carbocycles. The Morgan fingerprint density at radius 1 is 1.16 bits per heavy atom. The highest BCUT2D eigenvalue weighted by Gasteiger charge is 2.19. The van der Waals surface area contributed by atoms with Gasteiger partial charge in [-0.3, -0.25) is 10.1 Å². The van der Waals surface area contributed by atoms with E-state index in [0.29, 0.717) is 5.69 Å². The largest absolute Gasteiger partial charge is 0.491 e. The smallest absolute Gasteiger partial charge is 0.293 e. The number of nitrogens with one attached hydrogen (secondary N) is 1. The van der Waals surface area contributed by atoms with E-state index in [2.05, 4.69) is 5.32 Å². The number of ether oxygens (including phenoxy) is 1. The van der Waals surface area contributed by atoms with Crippen molar-refractivity contribution < 1.29 is 18.1 Å². The number of nitro benzene ring substituents is 1. The molecule has 2 rings (SSSR count). The van der Waals surface area contributed by atoms with Crippen LogP contribution in [0.1, 0.15) is 19.4 Å². The van der Waals surface area contributed by atoms with E-state index >= 15 is 0 Å². The van der Waals surface area contributed by atoms with Crippen molar-refractivity contribution in [2.24, 2.45) is 0 Å². The fourth-order valence-corrected chi connectivity index (χ4v) is 2.91. The molecular formula is C17H20N2O5S. The van der Waals surface area contributed by atoms with Gasteiger partial charge in [0.2, 0.25) is 0 Å². The van der Waals surface area contributed by atoms with Gasteiger partial charge in [-0.2, -0.15) is 0 Å². The monoisotopic (exact) mass is 364 g/mol.